The zero-order chi connectivity index (χ0) is 17.8. The highest BCUT2D eigenvalue weighted by molar-refractivity contribution is 8.00. The van der Waals surface area contributed by atoms with E-state index < -0.39 is 0 Å². The number of amides is 2. The number of carbonyl (C=O) groups excluding carboxylic acids is 2. The van der Waals surface area contributed by atoms with Gasteiger partial charge in [-0.2, -0.15) is 0 Å². The van der Waals surface area contributed by atoms with E-state index >= 15 is 0 Å². The molecule has 1 unspecified atom stereocenters. The summed E-state index contributed by atoms with van der Waals surface area (Å²) in [5.41, 5.74) is 2.34. The number of carbonyl (C=O) groups is 2. The molecule has 0 radical (unpaired) electrons. The number of likely N-dealkylation sites (N-methyl/N-ethyl adjacent to an activating group) is 1. The molecule has 25 heavy (non-hydrogen) atoms. The number of aryl methyl sites for hydroxylation is 1. The smallest absolute Gasteiger partial charge is 0.289 e. The van der Waals surface area contributed by atoms with Crippen LogP contribution >= 0.6 is 11.8 Å². The average Bonchev–Trinajstić information content (AvgIpc) is 3.26. The van der Waals surface area contributed by atoms with Gasteiger partial charge in [0, 0.05) is 19.6 Å². The summed E-state index contributed by atoms with van der Waals surface area (Å²) >= 11 is 1.65. The molecule has 6 heteroatoms. The van der Waals surface area contributed by atoms with Crippen molar-refractivity contribution < 1.29 is 14.0 Å². The summed E-state index contributed by atoms with van der Waals surface area (Å²) in [6.07, 6.45) is 1.50. The first-order valence-electron chi connectivity index (χ1n) is 8.41. The number of benzene rings is 1. The molecule has 1 atom stereocenters. The van der Waals surface area contributed by atoms with E-state index in [4.69, 9.17) is 4.42 Å². The molecule has 1 aliphatic rings. The van der Waals surface area contributed by atoms with Crippen LogP contribution < -0.4 is 0 Å². The summed E-state index contributed by atoms with van der Waals surface area (Å²) in [7, 11) is 0. The summed E-state index contributed by atoms with van der Waals surface area (Å²) in [6.45, 7) is 5.58. The van der Waals surface area contributed by atoms with Gasteiger partial charge in [-0.25, -0.2) is 0 Å². The summed E-state index contributed by atoms with van der Waals surface area (Å²) < 4.78 is 5.20. The second-order valence-electron chi connectivity index (χ2n) is 5.97. The van der Waals surface area contributed by atoms with Crippen molar-refractivity contribution in [1.82, 2.24) is 9.80 Å². The normalized spacial score (nSPS) is 17.1. The summed E-state index contributed by atoms with van der Waals surface area (Å²) in [5.74, 6) is 0.801. The van der Waals surface area contributed by atoms with E-state index in [1.54, 1.807) is 28.8 Å². The van der Waals surface area contributed by atoms with E-state index in [-0.39, 0.29) is 17.2 Å². The molecule has 132 valence electrons. The van der Waals surface area contributed by atoms with Gasteiger partial charge in [0.1, 0.15) is 5.37 Å². The Bertz CT molecular complexity index is 745. The highest BCUT2D eigenvalue weighted by Crippen LogP contribution is 2.39. The SMILES string of the molecule is CCN(CCN1C(=O)CSC1c1ccccc1C)C(=O)c1ccco1. The minimum Gasteiger partial charge on any atom is -0.459 e. The van der Waals surface area contributed by atoms with E-state index in [1.807, 2.05) is 24.0 Å². The molecule has 1 aromatic carbocycles. The van der Waals surface area contributed by atoms with Crippen LogP contribution in [-0.4, -0.2) is 47.0 Å². The lowest BCUT2D eigenvalue weighted by Gasteiger charge is -2.28. The van der Waals surface area contributed by atoms with Crippen molar-refractivity contribution in [2.45, 2.75) is 19.2 Å². The van der Waals surface area contributed by atoms with Crippen LogP contribution in [0.3, 0.4) is 0 Å². The number of furan rings is 1. The van der Waals surface area contributed by atoms with Crippen molar-refractivity contribution in [3.05, 3.63) is 59.5 Å². The Hall–Kier alpha value is -2.21. The van der Waals surface area contributed by atoms with Gasteiger partial charge in [0.25, 0.3) is 5.91 Å². The van der Waals surface area contributed by atoms with Gasteiger partial charge in [0.2, 0.25) is 5.91 Å². The standard InChI is InChI=1S/C19H22N2O3S/c1-3-20(18(23)16-9-6-12-24-16)10-11-21-17(22)13-25-19(21)15-8-5-4-7-14(15)2/h4-9,12,19H,3,10-11,13H2,1-2H3. The molecule has 0 N–H and O–H groups in total. The maximum atomic E-state index is 12.5. The molecule has 1 saturated heterocycles. The molecule has 1 aliphatic heterocycles. The number of hydrogen-bond acceptors (Lipinski definition) is 4. The summed E-state index contributed by atoms with van der Waals surface area (Å²) in [5, 5.41) is 0.0196. The zero-order valence-corrected chi connectivity index (χ0v) is 15.3. The Morgan fingerprint density at radius 1 is 1.32 bits per heavy atom. The number of nitrogens with zero attached hydrogens (tertiary/aromatic N) is 2. The van der Waals surface area contributed by atoms with Crippen LogP contribution in [0.1, 0.15) is 34.0 Å². The Morgan fingerprint density at radius 3 is 2.80 bits per heavy atom. The van der Waals surface area contributed by atoms with E-state index in [0.29, 0.717) is 31.1 Å². The molecule has 0 bridgehead atoms. The summed E-state index contributed by atoms with van der Waals surface area (Å²) in [4.78, 5) is 28.4. The fourth-order valence-electron chi connectivity index (χ4n) is 3.01. The maximum Gasteiger partial charge on any atom is 0.289 e. The second-order valence-corrected chi connectivity index (χ2v) is 7.04. The molecule has 2 amide bonds. The van der Waals surface area contributed by atoms with E-state index in [9.17, 15) is 9.59 Å². The zero-order valence-electron chi connectivity index (χ0n) is 14.5. The van der Waals surface area contributed by atoms with Gasteiger partial charge >= 0.3 is 0 Å². The van der Waals surface area contributed by atoms with E-state index in [0.717, 1.165) is 0 Å². The lowest BCUT2D eigenvalue weighted by Crippen LogP contribution is -2.40. The number of thioether (sulfide) groups is 1. The van der Waals surface area contributed by atoms with Gasteiger partial charge < -0.3 is 14.2 Å². The monoisotopic (exact) mass is 358 g/mol. The molecule has 5 nitrogen and oxygen atoms in total. The van der Waals surface area contributed by atoms with Crippen molar-refractivity contribution in [3.63, 3.8) is 0 Å². The summed E-state index contributed by atoms with van der Waals surface area (Å²) in [6, 6.07) is 11.5. The highest BCUT2D eigenvalue weighted by Gasteiger charge is 2.33. The first kappa shape index (κ1) is 17.6. The lowest BCUT2D eigenvalue weighted by molar-refractivity contribution is -0.128. The third-order valence-electron chi connectivity index (χ3n) is 4.43. The van der Waals surface area contributed by atoms with Crippen molar-refractivity contribution >= 4 is 23.6 Å². The third kappa shape index (κ3) is 3.74. The molecule has 0 spiro atoms. The maximum absolute atomic E-state index is 12.5. The van der Waals surface area contributed by atoms with Crippen LogP contribution in [0.15, 0.2) is 47.1 Å². The Labute approximate surface area is 152 Å². The quantitative estimate of drug-likeness (QED) is 0.795. The molecule has 1 fully saturated rings. The molecule has 2 heterocycles. The number of rotatable bonds is 6. The lowest BCUT2D eigenvalue weighted by atomic mass is 10.1. The molecule has 0 saturated carbocycles. The number of hydrogen-bond donors (Lipinski definition) is 0. The van der Waals surface area contributed by atoms with Crippen LogP contribution in [0, 0.1) is 6.92 Å². The predicted molar refractivity (Wildman–Crippen MR) is 98.4 cm³/mol. The predicted octanol–water partition coefficient (Wildman–Crippen LogP) is 3.32. The molecule has 2 aromatic rings. The van der Waals surface area contributed by atoms with Crippen molar-refractivity contribution in [3.8, 4) is 0 Å². The van der Waals surface area contributed by atoms with Crippen LogP contribution in [0.4, 0.5) is 0 Å². The minimum atomic E-state index is -0.140. The first-order valence-corrected chi connectivity index (χ1v) is 9.46. The van der Waals surface area contributed by atoms with E-state index in [2.05, 4.69) is 19.1 Å². The Kier molecular flexibility index (Phi) is 5.48. The van der Waals surface area contributed by atoms with Crippen LogP contribution in [0.2, 0.25) is 0 Å². The molecular formula is C19H22N2O3S. The largest absolute Gasteiger partial charge is 0.459 e. The minimum absolute atomic E-state index is 0.0196. The van der Waals surface area contributed by atoms with Gasteiger partial charge in [0.05, 0.1) is 12.0 Å². The third-order valence-corrected chi connectivity index (χ3v) is 5.67. The van der Waals surface area contributed by atoms with Gasteiger partial charge in [-0.05, 0) is 37.1 Å². The second kappa shape index (κ2) is 7.78. The molecule has 0 aliphatic carbocycles. The first-order chi connectivity index (χ1) is 12.1. The van der Waals surface area contributed by atoms with Gasteiger partial charge in [-0.15, -0.1) is 11.8 Å². The Morgan fingerprint density at radius 2 is 2.12 bits per heavy atom. The van der Waals surface area contributed by atoms with Crippen LogP contribution in [-0.2, 0) is 4.79 Å². The fourth-order valence-corrected chi connectivity index (χ4v) is 4.32. The van der Waals surface area contributed by atoms with Gasteiger partial charge in [-0.1, -0.05) is 24.3 Å². The highest BCUT2D eigenvalue weighted by atomic mass is 32.2. The van der Waals surface area contributed by atoms with Crippen molar-refractivity contribution in [2.24, 2.45) is 0 Å². The van der Waals surface area contributed by atoms with Gasteiger partial charge in [-0.3, -0.25) is 9.59 Å². The van der Waals surface area contributed by atoms with Crippen molar-refractivity contribution in [1.29, 1.82) is 0 Å². The molecule has 1 aromatic heterocycles. The van der Waals surface area contributed by atoms with E-state index in [1.165, 1.54) is 17.4 Å². The topological polar surface area (TPSA) is 53.8 Å². The molecule has 3 rings (SSSR count). The Balaban J connectivity index is 1.70. The molecular weight excluding hydrogens is 336 g/mol. The van der Waals surface area contributed by atoms with Gasteiger partial charge in [0.15, 0.2) is 5.76 Å². The average molecular weight is 358 g/mol. The van der Waals surface area contributed by atoms with Crippen molar-refractivity contribution in [2.75, 3.05) is 25.4 Å². The van der Waals surface area contributed by atoms with Crippen LogP contribution in [0.5, 0.6) is 0 Å². The van der Waals surface area contributed by atoms with Crippen LogP contribution in [0.25, 0.3) is 0 Å². The fraction of sp³-hybridized carbons (Fsp3) is 0.368.